The van der Waals surface area contributed by atoms with Crippen molar-refractivity contribution >= 4 is 75.7 Å². The highest BCUT2D eigenvalue weighted by Gasteiger charge is 2.21. The molecule has 0 atom stereocenters. The van der Waals surface area contributed by atoms with Gasteiger partial charge in [-0.15, -0.1) is 0 Å². The molecular weight excluding hydrogens is 693 g/mol. The molecule has 12 rings (SSSR count). The van der Waals surface area contributed by atoms with Gasteiger partial charge in [-0.2, -0.15) is 0 Å². The highest BCUT2D eigenvalue weighted by molar-refractivity contribution is 6.21. The minimum absolute atomic E-state index is 0.637. The van der Waals surface area contributed by atoms with Crippen LogP contribution in [-0.2, 0) is 0 Å². The fraction of sp³-hybridized carbons (Fsp3) is 0. The smallest absolute Gasteiger partial charge is 0.164 e. The molecule has 2 aromatic heterocycles. The van der Waals surface area contributed by atoms with Crippen LogP contribution < -0.4 is 0 Å². The molecule has 4 nitrogen and oxygen atoms in total. The van der Waals surface area contributed by atoms with Crippen molar-refractivity contribution in [1.29, 1.82) is 0 Å². The SMILES string of the molecule is c1ccc(-c2nc(-c3ccc(-n4c5cc6ccccc6cc5c5ccc6ccccc6c54)c4ccccc34)nc(-c3cc4ccccc4c4ccccc34)n2)cc1. The molecule has 0 fully saturated rings. The van der Waals surface area contributed by atoms with Crippen LogP contribution in [-0.4, -0.2) is 19.5 Å². The largest absolute Gasteiger partial charge is 0.308 e. The molecule has 264 valence electrons. The van der Waals surface area contributed by atoms with Crippen LogP contribution in [0.3, 0.4) is 0 Å². The number of hydrogen-bond acceptors (Lipinski definition) is 3. The number of nitrogens with zero attached hydrogens (tertiary/aromatic N) is 4. The molecule has 0 aliphatic heterocycles. The lowest BCUT2D eigenvalue weighted by Crippen LogP contribution is -2.02. The Balaban J connectivity index is 1.15. The Morgan fingerprint density at radius 3 is 1.63 bits per heavy atom. The van der Waals surface area contributed by atoms with Gasteiger partial charge in [-0.25, -0.2) is 15.0 Å². The van der Waals surface area contributed by atoms with Crippen molar-refractivity contribution in [2.75, 3.05) is 0 Å². The number of rotatable bonds is 4. The summed E-state index contributed by atoms with van der Waals surface area (Å²) in [6.45, 7) is 0. The zero-order chi connectivity index (χ0) is 37.5. The molecule has 0 saturated carbocycles. The summed E-state index contributed by atoms with van der Waals surface area (Å²) in [6, 6.07) is 69.3. The van der Waals surface area contributed by atoms with E-state index >= 15 is 0 Å². The fourth-order valence-electron chi connectivity index (χ4n) is 8.96. The molecule has 12 aromatic rings. The predicted molar refractivity (Wildman–Crippen MR) is 238 cm³/mol. The first-order valence-electron chi connectivity index (χ1n) is 19.4. The van der Waals surface area contributed by atoms with E-state index in [4.69, 9.17) is 15.0 Å². The van der Waals surface area contributed by atoms with Crippen molar-refractivity contribution in [3.8, 4) is 39.9 Å². The molecule has 0 radical (unpaired) electrons. The first-order chi connectivity index (χ1) is 28.3. The van der Waals surface area contributed by atoms with Crippen molar-refractivity contribution in [1.82, 2.24) is 19.5 Å². The highest BCUT2D eigenvalue weighted by atomic mass is 15.0. The Bertz CT molecular complexity index is 3580. The molecule has 0 aliphatic rings. The standard InChI is InChI=1S/C53H32N4/c1-2-15-34(16-3-1)51-54-52(56-53(55-51)47-31-37-19-7-8-20-38(37)40-22-10-11-23-41(40)47)45-28-29-48(43-25-13-12-24-42(43)45)57-49-32-36-18-5-4-17-35(36)30-46(49)44-27-26-33-14-6-9-21-39(33)50(44)57/h1-32H. The van der Waals surface area contributed by atoms with E-state index < -0.39 is 0 Å². The summed E-state index contributed by atoms with van der Waals surface area (Å²) in [6.07, 6.45) is 0. The van der Waals surface area contributed by atoms with E-state index in [0.29, 0.717) is 17.5 Å². The summed E-state index contributed by atoms with van der Waals surface area (Å²) >= 11 is 0. The summed E-state index contributed by atoms with van der Waals surface area (Å²) in [4.78, 5) is 15.8. The number of hydrogen-bond donors (Lipinski definition) is 0. The van der Waals surface area contributed by atoms with E-state index in [0.717, 1.165) is 43.9 Å². The van der Waals surface area contributed by atoms with Crippen molar-refractivity contribution in [3.05, 3.63) is 194 Å². The van der Waals surface area contributed by atoms with Crippen LogP contribution >= 0.6 is 0 Å². The summed E-state index contributed by atoms with van der Waals surface area (Å²) in [7, 11) is 0. The molecule has 0 aliphatic carbocycles. The molecule has 0 spiro atoms. The van der Waals surface area contributed by atoms with Crippen LogP contribution in [0.2, 0.25) is 0 Å². The molecule has 0 amide bonds. The second kappa shape index (κ2) is 12.4. The van der Waals surface area contributed by atoms with E-state index in [1.165, 1.54) is 54.1 Å². The molecule has 10 aromatic carbocycles. The maximum Gasteiger partial charge on any atom is 0.164 e. The molecular formula is C53H32N4. The second-order valence-electron chi connectivity index (χ2n) is 14.8. The lowest BCUT2D eigenvalue weighted by Gasteiger charge is -2.16. The van der Waals surface area contributed by atoms with Crippen LogP contribution in [0.1, 0.15) is 0 Å². The van der Waals surface area contributed by atoms with Gasteiger partial charge in [-0.05, 0) is 73.4 Å². The van der Waals surface area contributed by atoms with Crippen LogP contribution in [0.4, 0.5) is 0 Å². The Labute approximate surface area is 328 Å². The molecule has 0 unspecified atom stereocenters. The number of fused-ring (bicyclic) bond motifs is 10. The first-order valence-corrected chi connectivity index (χ1v) is 19.4. The van der Waals surface area contributed by atoms with Gasteiger partial charge >= 0.3 is 0 Å². The third kappa shape index (κ3) is 4.91. The average molecular weight is 725 g/mol. The predicted octanol–water partition coefficient (Wildman–Crippen LogP) is 13.7. The minimum Gasteiger partial charge on any atom is -0.308 e. The van der Waals surface area contributed by atoms with Crippen LogP contribution in [0, 0.1) is 0 Å². The summed E-state index contributed by atoms with van der Waals surface area (Å²) < 4.78 is 2.47. The quantitative estimate of drug-likeness (QED) is 0.170. The van der Waals surface area contributed by atoms with Gasteiger partial charge in [-0.3, -0.25) is 0 Å². The third-order valence-electron chi connectivity index (χ3n) is 11.6. The van der Waals surface area contributed by atoms with Crippen LogP contribution in [0.5, 0.6) is 0 Å². The Kier molecular flexibility index (Phi) is 6.89. The summed E-state index contributed by atoms with van der Waals surface area (Å²) in [5, 5.41) is 14.2. The van der Waals surface area contributed by atoms with E-state index in [9.17, 15) is 0 Å². The Hall–Kier alpha value is -7.69. The average Bonchev–Trinajstić information content (AvgIpc) is 3.61. The summed E-state index contributed by atoms with van der Waals surface area (Å²) in [5.41, 5.74) is 6.37. The van der Waals surface area contributed by atoms with E-state index in [1.807, 2.05) is 18.2 Å². The zero-order valence-corrected chi connectivity index (χ0v) is 30.8. The molecule has 2 heterocycles. The van der Waals surface area contributed by atoms with Crippen molar-refractivity contribution in [2.24, 2.45) is 0 Å². The molecule has 4 heteroatoms. The number of aromatic nitrogens is 4. The fourth-order valence-corrected chi connectivity index (χ4v) is 8.96. The topological polar surface area (TPSA) is 43.6 Å². The van der Waals surface area contributed by atoms with Crippen molar-refractivity contribution in [2.45, 2.75) is 0 Å². The Morgan fingerprint density at radius 2 is 0.860 bits per heavy atom. The van der Waals surface area contributed by atoms with E-state index in [-0.39, 0.29) is 0 Å². The Morgan fingerprint density at radius 1 is 0.298 bits per heavy atom. The maximum atomic E-state index is 5.34. The zero-order valence-electron chi connectivity index (χ0n) is 30.8. The van der Waals surface area contributed by atoms with Gasteiger partial charge in [0.05, 0.1) is 16.7 Å². The molecule has 0 saturated heterocycles. The van der Waals surface area contributed by atoms with Gasteiger partial charge in [0.2, 0.25) is 0 Å². The summed E-state index contributed by atoms with van der Waals surface area (Å²) in [5.74, 6) is 1.92. The van der Waals surface area contributed by atoms with Gasteiger partial charge in [0.25, 0.3) is 0 Å². The van der Waals surface area contributed by atoms with Gasteiger partial charge in [0.15, 0.2) is 17.5 Å². The molecule has 0 N–H and O–H groups in total. The van der Waals surface area contributed by atoms with E-state index in [2.05, 4.69) is 180 Å². The normalized spacial score (nSPS) is 11.9. The highest BCUT2D eigenvalue weighted by Crippen LogP contribution is 2.42. The lowest BCUT2D eigenvalue weighted by atomic mass is 9.96. The van der Waals surface area contributed by atoms with Crippen LogP contribution in [0.15, 0.2) is 194 Å². The second-order valence-corrected chi connectivity index (χ2v) is 14.8. The lowest BCUT2D eigenvalue weighted by molar-refractivity contribution is 1.08. The van der Waals surface area contributed by atoms with Gasteiger partial charge < -0.3 is 4.57 Å². The third-order valence-corrected chi connectivity index (χ3v) is 11.6. The van der Waals surface area contributed by atoms with Gasteiger partial charge in [0.1, 0.15) is 0 Å². The van der Waals surface area contributed by atoms with Crippen LogP contribution in [0.25, 0.3) is 116 Å². The first kappa shape index (κ1) is 31.6. The van der Waals surface area contributed by atoms with Crippen molar-refractivity contribution < 1.29 is 0 Å². The molecule has 0 bridgehead atoms. The molecule has 57 heavy (non-hydrogen) atoms. The van der Waals surface area contributed by atoms with E-state index in [1.54, 1.807) is 0 Å². The van der Waals surface area contributed by atoms with Gasteiger partial charge in [-0.1, -0.05) is 164 Å². The number of benzene rings is 10. The van der Waals surface area contributed by atoms with Gasteiger partial charge in [0, 0.05) is 38.2 Å². The van der Waals surface area contributed by atoms with Crippen molar-refractivity contribution in [3.63, 3.8) is 0 Å². The monoisotopic (exact) mass is 724 g/mol. The minimum atomic E-state index is 0.637. The maximum absolute atomic E-state index is 5.34.